The molecule has 1 aliphatic heterocycles. The van der Waals surface area contributed by atoms with Crippen LogP contribution in [0.4, 0.5) is 0 Å². The second-order valence-electron chi connectivity index (χ2n) is 4.55. The molecule has 0 bridgehead atoms. The number of rotatable bonds is 3. The van der Waals surface area contributed by atoms with E-state index in [0.717, 1.165) is 5.56 Å². The van der Waals surface area contributed by atoms with Crippen LogP contribution in [0.1, 0.15) is 24.1 Å². The second-order valence-corrected chi connectivity index (χ2v) is 4.55. The lowest BCUT2D eigenvalue weighted by Gasteiger charge is -2.25. The van der Waals surface area contributed by atoms with Gasteiger partial charge in [-0.05, 0) is 24.6 Å². The molecular weight excluding hydrogens is 242 g/mol. The molecule has 0 aliphatic carbocycles. The van der Waals surface area contributed by atoms with Crippen molar-refractivity contribution in [1.82, 2.24) is 10.6 Å². The van der Waals surface area contributed by atoms with Crippen molar-refractivity contribution in [2.75, 3.05) is 19.8 Å². The van der Waals surface area contributed by atoms with E-state index in [4.69, 9.17) is 10.00 Å². The fraction of sp³-hybridized carbons (Fsp3) is 0.429. The van der Waals surface area contributed by atoms with Gasteiger partial charge in [0, 0.05) is 6.54 Å². The number of nitriles is 1. The third kappa shape index (κ3) is 3.53. The molecule has 0 spiro atoms. The summed E-state index contributed by atoms with van der Waals surface area (Å²) in [6.07, 6.45) is 0. The molecular formula is C14H17N3O2. The molecule has 1 fully saturated rings. The summed E-state index contributed by atoms with van der Waals surface area (Å²) in [4.78, 5) is 12.0. The summed E-state index contributed by atoms with van der Waals surface area (Å²) in [6.45, 7) is 3.67. The van der Waals surface area contributed by atoms with E-state index in [9.17, 15) is 4.79 Å². The summed E-state index contributed by atoms with van der Waals surface area (Å²) in [5.74, 6) is -0.0587. The highest BCUT2D eigenvalue weighted by Crippen LogP contribution is 2.13. The number of carbonyl (C=O) groups is 1. The van der Waals surface area contributed by atoms with Gasteiger partial charge in [0.2, 0.25) is 5.91 Å². The second kappa shape index (κ2) is 6.32. The minimum absolute atomic E-state index is 0.0587. The Balaban J connectivity index is 1.93. The Bertz CT molecular complexity index is 472. The summed E-state index contributed by atoms with van der Waals surface area (Å²) in [7, 11) is 0. The van der Waals surface area contributed by atoms with E-state index in [1.54, 1.807) is 12.1 Å². The van der Waals surface area contributed by atoms with Gasteiger partial charge >= 0.3 is 0 Å². The molecule has 1 aromatic rings. The molecule has 1 amide bonds. The largest absolute Gasteiger partial charge is 0.378 e. The third-order valence-corrected chi connectivity index (χ3v) is 3.14. The first-order valence-corrected chi connectivity index (χ1v) is 6.32. The third-order valence-electron chi connectivity index (χ3n) is 3.14. The standard InChI is InChI=1S/C14H17N3O2/c1-10(12-4-2-11(8-15)3-5-12)17-14(18)13-9-19-7-6-16-13/h2-5,10,13,16H,6-7,9H2,1H3,(H,17,18)/t10-,13?/m0/s1. The number of amides is 1. The van der Waals surface area contributed by atoms with Gasteiger partial charge in [0.05, 0.1) is 30.9 Å². The van der Waals surface area contributed by atoms with Gasteiger partial charge in [-0.2, -0.15) is 5.26 Å². The number of nitrogens with one attached hydrogen (secondary N) is 2. The zero-order chi connectivity index (χ0) is 13.7. The average molecular weight is 259 g/mol. The van der Waals surface area contributed by atoms with E-state index in [-0.39, 0.29) is 18.0 Å². The molecule has 2 N–H and O–H groups in total. The molecule has 2 rings (SSSR count). The maximum Gasteiger partial charge on any atom is 0.240 e. The summed E-state index contributed by atoms with van der Waals surface area (Å²) >= 11 is 0. The van der Waals surface area contributed by atoms with Crippen LogP contribution in [0.2, 0.25) is 0 Å². The maximum atomic E-state index is 12.0. The van der Waals surface area contributed by atoms with Crippen molar-refractivity contribution < 1.29 is 9.53 Å². The number of hydrogen-bond donors (Lipinski definition) is 2. The molecule has 2 atom stereocenters. The van der Waals surface area contributed by atoms with Crippen molar-refractivity contribution in [3.8, 4) is 6.07 Å². The van der Waals surface area contributed by atoms with Crippen LogP contribution in [0.15, 0.2) is 24.3 Å². The van der Waals surface area contributed by atoms with E-state index in [1.165, 1.54) is 0 Å². The summed E-state index contributed by atoms with van der Waals surface area (Å²) in [5, 5.41) is 14.8. The Labute approximate surface area is 112 Å². The van der Waals surface area contributed by atoms with Crippen LogP contribution in [0, 0.1) is 11.3 Å². The van der Waals surface area contributed by atoms with Gasteiger partial charge in [-0.15, -0.1) is 0 Å². The molecule has 5 heteroatoms. The SMILES string of the molecule is C[C@H](NC(=O)C1COCCN1)c1ccc(C#N)cc1. The Kier molecular flexibility index (Phi) is 4.50. The van der Waals surface area contributed by atoms with Crippen molar-refractivity contribution in [3.63, 3.8) is 0 Å². The number of hydrogen-bond acceptors (Lipinski definition) is 4. The molecule has 19 heavy (non-hydrogen) atoms. The van der Waals surface area contributed by atoms with Gasteiger partial charge in [-0.25, -0.2) is 0 Å². The molecule has 1 heterocycles. The zero-order valence-corrected chi connectivity index (χ0v) is 10.8. The van der Waals surface area contributed by atoms with Gasteiger partial charge in [-0.1, -0.05) is 12.1 Å². The van der Waals surface area contributed by atoms with Gasteiger partial charge in [0.25, 0.3) is 0 Å². The topological polar surface area (TPSA) is 74.2 Å². The molecule has 0 aromatic heterocycles. The predicted molar refractivity (Wildman–Crippen MR) is 70.3 cm³/mol. The van der Waals surface area contributed by atoms with E-state index in [2.05, 4.69) is 16.7 Å². The highest BCUT2D eigenvalue weighted by atomic mass is 16.5. The van der Waals surface area contributed by atoms with E-state index in [0.29, 0.717) is 25.3 Å². The number of benzene rings is 1. The molecule has 1 saturated heterocycles. The van der Waals surface area contributed by atoms with Crippen LogP contribution in [0.5, 0.6) is 0 Å². The minimum atomic E-state index is -0.283. The van der Waals surface area contributed by atoms with Gasteiger partial charge < -0.3 is 15.4 Å². The zero-order valence-electron chi connectivity index (χ0n) is 10.8. The molecule has 1 aromatic carbocycles. The van der Waals surface area contributed by atoms with E-state index in [1.807, 2.05) is 19.1 Å². The fourth-order valence-corrected chi connectivity index (χ4v) is 1.98. The Morgan fingerprint density at radius 1 is 1.53 bits per heavy atom. The molecule has 0 radical (unpaired) electrons. The minimum Gasteiger partial charge on any atom is -0.378 e. The first kappa shape index (κ1) is 13.5. The van der Waals surface area contributed by atoms with E-state index < -0.39 is 0 Å². The van der Waals surface area contributed by atoms with Crippen LogP contribution in [-0.2, 0) is 9.53 Å². The van der Waals surface area contributed by atoms with Gasteiger partial charge in [0.15, 0.2) is 0 Å². The lowest BCUT2D eigenvalue weighted by molar-refractivity contribution is -0.126. The number of carbonyl (C=O) groups excluding carboxylic acids is 1. The van der Waals surface area contributed by atoms with Crippen molar-refractivity contribution in [2.24, 2.45) is 0 Å². The molecule has 100 valence electrons. The summed E-state index contributed by atoms with van der Waals surface area (Å²) < 4.78 is 5.26. The lowest BCUT2D eigenvalue weighted by atomic mass is 10.1. The van der Waals surface area contributed by atoms with Crippen molar-refractivity contribution >= 4 is 5.91 Å². The molecule has 5 nitrogen and oxygen atoms in total. The normalized spacial score (nSPS) is 20.3. The number of morpholine rings is 1. The maximum absolute atomic E-state index is 12.0. The van der Waals surface area contributed by atoms with Gasteiger partial charge in [0.1, 0.15) is 6.04 Å². The van der Waals surface area contributed by atoms with Crippen LogP contribution >= 0.6 is 0 Å². The van der Waals surface area contributed by atoms with Crippen molar-refractivity contribution in [1.29, 1.82) is 5.26 Å². The average Bonchev–Trinajstić information content (AvgIpc) is 2.48. The van der Waals surface area contributed by atoms with Crippen LogP contribution < -0.4 is 10.6 Å². The first-order chi connectivity index (χ1) is 9.20. The number of nitrogens with zero attached hydrogens (tertiary/aromatic N) is 1. The molecule has 1 aliphatic rings. The number of ether oxygens (including phenoxy) is 1. The summed E-state index contributed by atoms with van der Waals surface area (Å²) in [5.41, 5.74) is 1.59. The summed E-state index contributed by atoms with van der Waals surface area (Å²) in [6, 6.07) is 8.91. The Morgan fingerprint density at radius 3 is 2.84 bits per heavy atom. The van der Waals surface area contributed by atoms with E-state index >= 15 is 0 Å². The quantitative estimate of drug-likeness (QED) is 0.839. The lowest BCUT2D eigenvalue weighted by Crippen LogP contribution is -2.51. The van der Waals surface area contributed by atoms with Crippen molar-refractivity contribution in [2.45, 2.75) is 19.0 Å². The highest BCUT2D eigenvalue weighted by molar-refractivity contribution is 5.82. The van der Waals surface area contributed by atoms with Crippen LogP contribution in [0.25, 0.3) is 0 Å². The highest BCUT2D eigenvalue weighted by Gasteiger charge is 2.22. The molecule has 0 saturated carbocycles. The van der Waals surface area contributed by atoms with Gasteiger partial charge in [-0.3, -0.25) is 4.79 Å². The monoisotopic (exact) mass is 259 g/mol. The van der Waals surface area contributed by atoms with Crippen LogP contribution in [0.3, 0.4) is 0 Å². The van der Waals surface area contributed by atoms with Crippen LogP contribution in [-0.4, -0.2) is 31.7 Å². The Morgan fingerprint density at radius 2 is 2.26 bits per heavy atom. The van der Waals surface area contributed by atoms with Crippen molar-refractivity contribution in [3.05, 3.63) is 35.4 Å². The smallest absolute Gasteiger partial charge is 0.240 e. The first-order valence-electron chi connectivity index (χ1n) is 6.32. The fourth-order valence-electron chi connectivity index (χ4n) is 1.98. The predicted octanol–water partition coefficient (Wildman–Crippen LogP) is 0.724. The Hall–Kier alpha value is -1.90. The molecule has 1 unspecified atom stereocenters.